The van der Waals surface area contributed by atoms with E-state index in [4.69, 9.17) is 9.15 Å². The number of benzene rings is 1. The first-order valence-electron chi connectivity index (χ1n) is 5.55. The Labute approximate surface area is 113 Å². The summed E-state index contributed by atoms with van der Waals surface area (Å²) in [6.45, 7) is 1.51. The van der Waals surface area contributed by atoms with Crippen LogP contribution in [-0.2, 0) is 13.0 Å². The van der Waals surface area contributed by atoms with Crippen molar-refractivity contribution in [3.05, 3.63) is 45.4 Å². The minimum Gasteiger partial charge on any atom is -0.493 e. The van der Waals surface area contributed by atoms with Crippen molar-refractivity contribution >= 4 is 28.3 Å². The molecule has 17 heavy (non-hydrogen) atoms. The lowest BCUT2D eigenvalue weighted by molar-refractivity contribution is 0.357. The minimum atomic E-state index is 0.711. The van der Waals surface area contributed by atoms with Crippen molar-refractivity contribution in [1.29, 1.82) is 0 Å². The SMILES string of the molecule is Ic1ccc(CNc2ccc3c(c2)CCO3)o1. The van der Waals surface area contributed by atoms with Crippen LogP contribution in [0.15, 0.2) is 34.7 Å². The van der Waals surface area contributed by atoms with Crippen molar-refractivity contribution < 1.29 is 9.15 Å². The minimum absolute atomic E-state index is 0.711. The monoisotopic (exact) mass is 341 g/mol. The molecule has 88 valence electrons. The second-order valence-electron chi connectivity index (χ2n) is 3.98. The topological polar surface area (TPSA) is 34.4 Å². The zero-order valence-corrected chi connectivity index (χ0v) is 11.4. The molecule has 1 aliphatic rings. The van der Waals surface area contributed by atoms with E-state index in [1.54, 1.807) is 0 Å². The molecule has 1 aromatic carbocycles. The number of hydrogen-bond acceptors (Lipinski definition) is 3. The first-order valence-corrected chi connectivity index (χ1v) is 6.63. The summed E-state index contributed by atoms with van der Waals surface area (Å²) in [7, 11) is 0. The van der Waals surface area contributed by atoms with Gasteiger partial charge in [0.25, 0.3) is 0 Å². The normalized spacial score (nSPS) is 13.2. The molecule has 2 aromatic rings. The number of hydrogen-bond donors (Lipinski definition) is 1. The van der Waals surface area contributed by atoms with Crippen LogP contribution in [0, 0.1) is 3.77 Å². The highest BCUT2D eigenvalue weighted by molar-refractivity contribution is 14.1. The van der Waals surface area contributed by atoms with Crippen molar-refractivity contribution in [2.24, 2.45) is 0 Å². The van der Waals surface area contributed by atoms with Crippen LogP contribution in [0.5, 0.6) is 5.75 Å². The lowest BCUT2D eigenvalue weighted by atomic mass is 10.1. The van der Waals surface area contributed by atoms with E-state index in [0.29, 0.717) is 6.54 Å². The van der Waals surface area contributed by atoms with Gasteiger partial charge >= 0.3 is 0 Å². The van der Waals surface area contributed by atoms with E-state index in [-0.39, 0.29) is 0 Å². The predicted octanol–water partition coefficient (Wildman–Crippen LogP) is 3.43. The first-order chi connectivity index (χ1) is 8.31. The molecule has 1 N–H and O–H groups in total. The van der Waals surface area contributed by atoms with Crippen molar-refractivity contribution in [2.75, 3.05) is 11.9 Å². The maximum absolute atomic E-state index is 5.50. The molecule has 1 aliphatic heterocycles. The number of ether oxygens (including phenoxy) is 1. The molecule has 0 radical (unpaired) electrons. The quantitative estimate of drug-likeness (QED) is 0.869. The van der Waals surface area contributed by atoms with Crippen LogP contribution >= 0.6 is 22.6 Å². The van der Waals surface area contributed by atoms with Crippen molar-refractivity contribution in [3.63, 3.8) is 0 Å². The first kappa shape index (κ1) is 11.0. The van der Waals surface area contributed by atoms with Crippen LogP contribution < -0.4 is 10.1 Å². The summed E-state index contributed by atoms with van der Waals surface area (Å²) in [6, 6.07) is 10.2. The van der Waals surface area contributed by atoms with E-state index in [0.717, 1.165) is 34.0 Å². The molecule has 0 fully saturated rings. The summed E-state index contributed by atoms with van der Waals surface area (Å²) in [6.07, 6.45) is 1.00. The summed E-state index contributed by atoms with van der Waals surface area (Å²) in [5.41, 5.74) is 2.39. The van der Waals surface area contributed by atoms with Crippen LogP contribution in [-0.4, -0.2) is 6.61 Å². The van der Waals surface area contributed by atoms with E-state index >= 15 is 0 Å². The van der Waals surface area contributed by atoms with Gasteiger partial charge in [-0.2, -0.15) is 0 Å². The van der Waals surface area contributed by atoms with E-state index in [2.05, 4.69) is 34.0 Å². The highest BCUT2D eigenvalue weighted by Crippen LogP contribution is 2.28. The highest BCUT2D eigenvalue weighted by Gasteiger charge is 2.11. The van der Waals surface area contributed by atoms with E-state index in [1.807, 2.05) is 24.3 Å². The van der Waals surface area contributed by atoms with Gasteiger partial charge in [0, 0.05) is 12.1 Å². The standard InChI is InChI=1S/C13H12INO2/c14-13-4-2-11(17-13)8-15-10-1-3-12-9(7-10)5-6-16-12/h1-4,7,15H,5-6,8H2. The largest absolute Gasteiger partial charge is 0.493 e. The molecule has 0 amide bonds. The van der Waals surface area contributed by atoms with Crippen molar-refractivity contribution in [1.82, 2.24) is 0 Å². The zero-order valence-electron chi connectivity index (χ0n) is 9.20. The number of fused-ring (bicyclic) bond motifs is 1. The Hall–Kier alpha value is -1.17. The molecular formula is C13H12INO2. The van der Waals surface area contributed by atoms with Gasteiger partial charge in [0.15, 0.2) is 3.77 Å². The van der Waals surface area contributed by atoms with E-state index in [9.17, 15) is 0 Å². The van der Waals surface area contributed by atoms with Crippen LogP contribution in [0.2, 0.25) is 0 Å². The summed E-state index contributed by atoms with van der Waals surface area (Å²) in [4.78, 5) is 0. The second-order valence-corrected chi connectivity index (χ2v) is 5.04. The second kappa shape index (κ2) is 4.60. The third-order valence-corrected chi connectivity index (χ3v) is 3.36. The third-order valence-electron chi connectivity index (χ3n) is 2.79. The van der Waals surface area contributed by atoms with Gasteiger partial charge in [-0.1, -0.05) is 0 Å². The average molecular weight is 341 g/mol. The predicted molar refractivity (Wildman–Crippen MR) is 74.4 cm³/mol. The van der Waals surface area contributed by atoms with E-state index in [1.165, 1.54) is 5.56 Å². The lowest BCUT2D eigenvalue weighted by Gasteiger charge is -2.06. The molecule has 0 unspecified atom stereocenters. The van der Waals surface area contributed by atoms with Crippen LogP contribution in [0.4, 0.5) is 5.69 Å². The van der Waals surface area contributed by atoms with Gasteiger partial charge in [-0.3, -0.25) is 0 Å². The molecule has 0 bridgehead atoms. The van der Waals surface area contributed by atoms with Gasteiger partial charge in [0.05, 0.1) is 13.2 Å². The number of anilines is 1. The number of furan rings is 1. The van der Waals surface area contributed by atoms with Crippen molar-refractivity contribution in [2.45, 2.75) is 13.0 Å². The Bertz CT molecular complexity index is 536. The fourth-order valence-corrected chi connectivity index (χ4v) is 2.40. The van der Waals surface area contributed by atoms with Gasteiger partial charge in [0.2, 0.25) is 0 Å². The Kier molecular flexibility index (Phi) is 2.96. The smallest absolute Gasteiger partial charge is 0.164 e. The summed E-state index contributed by atoms with van der Waals surface area (Å²) in [5, 5.41) is 3.35. The lowest BCUT2D eigenvalue weighted by Crippen LogP contribution is -1.98. The van der Waals surface area contributed by atoms with Gasteiger partial charge in [-0.05, 0) is 58.5 Å². The Balaban J connectivity index is 1.69. The fourth-order valence-electron chi connectivity index (χ4n) is 1.93. The molecule has 4 heteroatoms. The third kappa shape index (κ3) is 2.41. The van der Waals surface area contributed by atoms with Crippen molar-refractivity contribution in [3.8, 4) is 5.75 Å². The Morgan fingerprint density at radius 2 is 2.18 bits per heavy atom. The molecule has 3 rings (SSSR count). The van der Waals surface area contributed by atoms with Gasteiger partial charge < -0.3 is 14.5 Å². The fraction of sp³-hybridized carbons (Fsp3) is 0.231. The molecule has 0 saturated heterocycles. The average Bonchev–Trinajstić information content (AvgIpc) is 2.94. The van der Waals surface area contributed by atoms with Gasteiger partial charge in [-0.15, -0.1) is 0 Å². The Morgan fingerprint density at radius 3 is 3.00 bits per heavy atom. The number of rotatable bonds is 3. The van der Waals surface area contributed by atoms with Crippen LogP contribution in [0.25, 0.3) is 0 Å². The summed E-state index contributed by atoms with van der Waals surface area (Å²) in [5.74, 6) is 1.97. The van der Waals surface area contributed by atoms with Crippen LogP contribution in [0.3, 0.4) is 0 Å². The molecule has 2 heterocycles. The van der Waals surface area contributed by atoms with E-state index < -0.39 is 0 Å². The molecular weight excluding hydrogens is 329 g/mol. The molecule has 3 nitrogen and oxygen atoms in total. The number of halogens is 1. The van der Waals surface area contributed by atoms with Crippen LogP contribution in [0.1, 0.15) is 11.3 Å². The molecule has 0 aliphatic carbocycles. The number of nitrogens with one attached hydrogen (secondary N) is 1. The van der Waals surface area contributed by atoms with Gasteiger partial charge in [0.1, 0.15) is 11.5 Å². The summed E-state index contributed by atoms with van der Waals surface area (Å²) >= 11 is 2.17. The maximum Gasteiger partial charge on any atom is 0.164 e. The maximum atomic E-state index is 5.50. The molecule has 0 atom stereocenters. The highest BCUT2D eigenvalue weighted by atomic mass is 127. The summed E-state index contributed by atoms with van der Waals surface area (Å²) < 4.78 is 11.9. The molecule has 0 spiro atoms. The van der Waals surface area contributed by atoms with Gasteiger partial charge in [-0.25, -0.2) is 0 Å². The molecule has 0 saturated carbocycles. The Morgan fingerprint density at radius 1 is 1.24 bits per heavy atom. The zero-order chi connectivity index (χ0) is 11.7. The molecule has 1 aromatic heterocycles.